The third-order valence-corrected chi connectivity index (χ3v) is 2.76. The van der Waals surface area contributed by atoms with Gasteiger partial charge in [0.25, 0.3) is 0 Å². The minimum Gasteiger partial charge on any atom is -0.466 e. The van der Waals surface area contributed by atoms with Crippen LogP contribution in [0.5, 0.6) is 0 Å². The van der Waals surface area contributed by atoms with Gasteiger partial charge in [-0.1, -0.05) is 0 Å². The minimum absolute atomic E-state index is 0.0845. The number of nitrogens with zero attached hydrogens (tertiary/aromatic N) is 1. The monoisotopic (exact) mass is 195 g/mol. The number of carbonyl (C=O) groups excluding carboxylic acids is 1. The van der Waals surface area contributed by atoms with Gasteiger partial charge in [0.05, 0.1) is 6.61 Å². The molecule has 0 bridgehead atoms. The Balaban J connectivity index is 2.22. The quantitative estimate of drug-likeness (QED) is 0.511. The number of carbonyl (C=O) groups is 1. The average Bonchev–Trinajstić information content (AvgIpc) is 2.19. The molecule has 0 aliphatic heterocycles. The van der Waals surface area contributed by atoms with Gasteiger partial charge in [0, 0.05) is 19.3 Å². The molecule has 3 heteroatoms. The van der Waals surface area contributed by atoms with Crippen LogP contribution in [-0.4, -0.2) is 18.6 Å². The maximum absolute atomic E-state index is 11.2. The van der Waals surface area contributed by atoms with Crippen LogP contribution in [0.15, 0.2) is 0 Å². The smallest absolute Gasteiger partial charge is 0.306 e. The van der Waals surface area contributed by atoms with Crippen molar-refractivity contribution in [1.82, 2.24) is 0 Å². The van der Waals surface area contributed by atoms with E-state index in [-0.39, 0.29) is 12.0 Å². The van der Waals surface area contributed by atoms with Gasteiger partial charge in [-0.25, -0.2) is 6.57 Å². The predicted octanol–water partition coefficient (Wildman–Crippen LogP) is 2.42. The van der Waals surface area contributed by atoms with Crippen molar-refractivity contribution in [2.24, 2.45) is 5.92 Å². The molecule has 0 N–H and O–H groups in total. The fourth-order valence-electron chi connectivity index (χ4n) is 1.93. The molecule has 3 nitrogen and oxygen atoms in total. The summed E-state index contributed by atoms with van der Waals surface area (Å²) >= 11 is 0. The first kappa shape index (κ1) is 11.0. The molecule has 1 aliphatic rings. The number of ether oxygens (including phenoxy) is 1. The first-order chi connectivity index (χ1) is 6.76. The Morgan fingerprint density at radius 2 is 2.07 bits per heavy atom. The molecule has 1 fully saturated rings. The SMILES string of the molecule is [C-]#[N+]C1CCC(CC(=O)OCC)CC1. The van der Waals surface area contributed by atoms with Crippen molar-refractivity contribution < 1.29 is 9.53 Å². The number of rotatable bonds is 3. The zero-order valence-electron chi connectivity index (χ0n) is 8.66. The summed E-state index contributed by atoms with van der Waals surface area (Å²) < 4.78 is 4.90. The van der Waals surface area contributed by atoms with Crippen LogP contribution in [0.4, 0.5) is 0 Å². The molecule has 0 unspecified atom stereocenters. The molecule has 1 rings (SSSR count). The van der Waals surface area contributed by atoms with Crippen molar-refractivity contribution in [3.8, 4) is 0 Å². The Morgan fingerprint density at radius 3 is 2.57 bits per heavy atom. The van der Waals surface area contributed by atoms with E-state index in [0.29, 0.717) is 18.9 Å². The lowest BCUT2D eigenvalue weighted by molar-refractivity contribution is -0.144. The minimum atomic E-state index is -0.0845. The fourth-order valence-corrected chi connectivity index (χ4v) is 1.93. The van der Waals surface area contributed by atoms with Gasteiger partial charge < -0.3 is 9.58 Å². The Bertz CT molecular complexity index is 224. The van der Waals surface area contributed by atoms with E-state index in [4.69, 9.17) is 11.3 Å². The molecular formula is C11H17NO2. The molecule has 0 atom stereocenters. The van der Waals surface area contributed by atoms with Crippen molar-refractivity contribution in [1.29, 1.82) is 0 Å². The van der Waals surface area contributed by atoms with E-state index in [1.165, 1.54) is 0 Å². The fraction of sp³-hybridized carbons (Fsp3) is 0.818. The maximum Gasteiger partial charge on any atom is 0.306 e. The second kappa shape index (κ2) is 5.64. The van der Waals surface area contributed by atoms with E-state index in [1.807, 2.05) is 6.92 Å². The van der Waals surface area contributed by atoms with Gasteiger partial charge in [0.1, 0.15) is 0 Å². The third kappa shape index (κ3) is 3.37. The van der Waals surface area contributed by atoms with Gasteiger partial charge in [-0.3, -0.25) is 4.79 Å². The summed E-state index contributed by atoms with van der Waals surface area (Å²) in [5.41, 5.74) is 0. The van der Waals surface area contributed by atoms with Crippen LogP contribution < -0.4 is 0 Å². The maximum atomic E-state index is 11.2. The van der Waals surface area contributed by atoms with Crippen molar-refractivity contribution in [3.63, 3.8) is 0 Å². The zero-order chi connectivity index (χ0) is 10.4. The van der Waals surface area contributed by atoms with Crippen LogP contribution in [0, 0.1) is 12.5 Å². The van der Waals surface area contributed by atoms with Crippen LogP contribution in [-0.2, 0) is 9.53 Å². The number of hydrogen-bond acceptors (Lipinski definition) is 2. The molecule has 0 aromatic heterocycles. The largest absolute Gasteiger partial charge is 0.466 e. The van der Waals surface area contributed by atoms with Gasteiger partial charge in [-0.2, -0.15) is 0 Å². The van der Waals surface area contributed by atoms with Crippen LogP contribution in [0.25, 0.3) is 4.85 Å². The summed E-state index contributed by atoms with van der Waals surface area (Å²) in [5, 5.41) is 0. The second-order valence-electron chi connectivity index (χ2n) is 3.81. The van der Waals surface area contributed by atoms with E-state index in [1.54, 1.807) is 0 Å². The van der Waals surface area contributed by atoms with E-state index in [2.05, 4.69) is 4.85 Å². The van der Waals surface area contributed by atoms with Crippen LogP contribution in [0.2, 0.25) is 0 Å². The summed E-state index contributed by atoms with van der Waals surface area (Å²) in [6.07, 6.45) is 4.46. The predicted molar refractivity (Wildman–Crippen MR) is 53.6 cm³/mol. The third-order valence-electron chi connectivity index (χ3n) is 2.76. The summed E-state index contributed by atoms with van der Waals surface area (Å²) in [7, 11) is 0. The Kier molecular flexibility index (Phi) is 4.45. The molecular weight excluding hydrogens is 178 g/mol. The molecule has 78 valence electrons. The van der Waals surface area contributed by atoms with Crippen molar-refractivity contribution in [2.45, 2.75) is 45.1 Å². The molecule has 0 radical (unpaired) electrons. The highest BCUT2D eigenvalue weighted by Crippen LogP contribution is 2.28. The van der Waals surface area contributed by atoms with Gasteiger partial charge in [-0.05, 0) is 25.7 Å². The summed E-state index contributed by atoms with van der Waals surface area (Å²) in [6.45, 7) is 9.20. The standard InChI is InChI=1S/C11H17NO2/c1-3-14-11(13)8-9-4-6-10(12-2)7-5-9/h9-10H,3-8H2,1H3. The highest BCUT2D eigenvalue weighted by atomic mass is 16.5. The topological polar surface area (TPSA) is 30.7 Å². The van der Waals surface area contributed by atoms with Crippen molar-refractivity contribution >= 4 is 5.97 Å². The lowest BCUT2D eigenvalue weighted by Gasteiger charge is -2.21. The molecule has 0 aromatic rings. The van der Waals surface area contributed by atoms with Crippen LogP contribution in [0.1, 0.15) is 39.0 Å². The molecule has 1 saturated carbocycles. The molecule has 0 aromatic carbocycles. The van der Waals surface area contributed by atoms with Gasteiger partial charge in [0.15, 0.2) is 0 Å². The average molecular weight is 195 g/mol. The summed E-state index contributed by atoms with van der Waals surface area (Å²) in [5.74, 6) is 0.366. The Morgan fingerprint density at radius 1 is 1.43 bits per heavy atom. The lowest BCUT2D eigenvalue weighted by Crippen LogP contribution is -2.19. The molecule has 0 amide bonds. The number of hydrogen-bond donors (Lipinski definition) is 0. The summed E-state index contributed by atoms with van der Waals surface area (Å²) in [6, 6.07) is 0.202. The summed E-state index contributed by atoms with van der Waals surface area (Å²) in [4.78, 5) is 14.7. The lowest BCUT2D eigenvalue weighted by atomic mass is 9.84. The number of esters is 1. The zero-order valence-corrected chi connectivity index (χ0v) is 8.66. The Hall–Kier alpha value is -1.04. The van der Waals surface area contributed by atoms with Crippen LogP contribution in [0.3, 0.4) is 0 Å². The van der Waals surface area contributed by atoms with Gasteiger partial charge >= 0.3 is 5.97 Å². The highest BCUT2D eigenvalue weighted by Gasteiger charge is 2.25. The first-order valence-electron chi connectivity index (χ1n) is 5.28. The highest BCUT2D eigenvalue weighted by molar-refractivity contribution is 5.69. The van der Waals surface area contributed by atoms with E-state index >= 15 is 0 Å². The van der Waals surface area contributed by atoms with E-state index in [9.17, 15) is 4.79 Å². The van der Waals surface area contributed by atoms with Crippen LogP contribution >= 0.6 is 0 Å². The Labute approximate surface area is 85.3 Å². The van der Waals surface area contributed by atoms with E-state index in [0.717, 1.165) is 25.7 Å². The van der Waals surface area contributed by atoms with Crippen molar-refractivity contribution in [2.75, 3.05) is 6.61 Å². The van der Waals surface area contributed by atoms with Gasteiger partial charge in [-0.15, -0.1) is 0 Å². The van der Waals surface area contributed by atoms with E-state index < -0.39 is 0 Å². The molecule has 14 heavy (non-hydrogen) atoms. The molecule has 0 heterocycles. The van der Waals surface area contributed by atoms with Gasteiger partial charge in [0.2, 0.25) is 6.04 Å². The normalized spacial score (nSPS) is 26.6. The molecule has 1 aliphatic carbocycles. The first-order valence-corrected chi connectivity index (χ1v) is 5.28. The molecule has 0 saturated heterocycles. The molecule has 0 spiro atoms. The van der Waals surface area contributed by atoms with Crippen molar-refractivity contribution in [3.05, 3.63) is 11.4 Å². The second-order valence-corrected chi connectivity index (χ2v) is 3.81.